The molecule has 10 heteroatoms. The molecule has 0 spiro atoms. The SMILES string of the molecule is COC(=O)[C@@H](c1ccccc1COc1ccc(OC)cc1)[C@]1(CCO)C(=O)N(C)c2cccc(OC(=O)N(C)C)c21. The number of aliphatic hydroxyl groups excluding tert-OH is 1. The zero-order chi connectivity index (χ0) is 29.7. The van der Waals surface area contributed by atoms with Crippen LogP contribution in [0.4, 0.5) is 10.5 Å². The van der Waals surface area contributed by atoms with Crippen LogP contribution in [0.5, 0.6) is 17.2 Å². The van der Waals surface area contributed by atoms with E-state index in [2.05, 4.69) is 0 Å². The fourth-order valence-electron chi connectivity index (χ4n) is 5.35. The van der Waals surface area contributed by atoms with Crippen molar-refractivity contribution in [1.29, 1.82) is 0 Å². The molecule has 0 saturated heterocycles. The van der Waals surface area contributed by atoms with Crippen molar-refractivity contribution in [3.8, 4) is 17.2 Å². The molecule has 1 aliphatic rings. The summed E-state index contributed by atoms with van der Waals surface area (Å²) in [5.41, 5.74) is 0.282. The zero-order valence-corrected chi connectivity index (χ0v) is 23.7. The molecule has 0 fully saturated rings. The minimum absolute atomic E-state index is 0.0827. The van der Waals surface area contributed by atoms with Crippen LogP contribution in [-0.2, 0) is 26.3 Å². The maximum absolute atomic E-state index is 14.2. The molecule has 0 radical (unpaired) electrons. The predicted molar refractivity (Wildman–Crippen MR) is 151 cm³/mol. The summed E-state index contributed by atoms with van der Waals surface area (Å²) in [6.07, 6.45) is -0.783. The minimum Gasteiger partial charge on any atom is -0.497 e. The van der Waals surface area contributed by atoms with Gasteiger partial charge in [0.2, 0.25) is 5.91 Å². The molecular weight excluding hydrogens is 528 g/mol. The summed E-state index contributed by atoms with van der Waals surface area (Å²) in [4.78, 5) is 43.3. The van der Waals surface area contributed by atoms with Crippen molar-refractivity contribution in [1.82, 2.24) is 4.90 Å². The molecule has 2 atom stereocenters. The Morgan fingerprint density at radius 1 is 0.976 bits per heavy atom. The van der Waals surface area contributed by atoms with Crippen LogP contribution < -0.4 is 19.1 Å². The van der Waals surface area contributed by atoms with Gasteiger partial charge in [-0.3, -0.25) is 9.59 Å². The molecule has 0 unspecified atom stereocenters. The third-order valence-corrected chi connectivity index (χ3v) is 7.32. The Balaban J connectivity index is 1.88. The van der Waals surface area contributed by atoms with Crippen molar-refractivity contribution in [2.24, 2.45) is 0 Å². The number of hydrogen-bond donors (Lipinski definition) is 1. The Hall–Kier alpha value is -4.57. The highest BCUT2D eigenvalue weighted by Crippen LogP contribution is 2.55. The van der Waals surface area contributed by atoms with E-state index in [9.17, 15) is 19.5 Å². The number of carbonyl (C=O) groups is 3. The quantitative estimate of drug-likeness (QED) is 0.370. The molecule has 1 aliphatic heterocycles. The van der Waals surface area contributed by atoms with Gasteiger partial charge in [0.15, 0.2) is 0 Å². The molecule has 1 N–H and O–H groups in total. The topological polar surface area (TPSA) is 115 Å². The number of esters is 1. The van der Waals surface area contributed by atoms with E-state index in [1.165, 1.54) is 16.9 Å². The number of fused-ring (bicyclic) bond motifs is 1. The normalized spacial score (nSPS) is 16.5. The lowest BCUT2D eigenvalue weighted by Crippen LogP contribution is -2.48. The lowest BCUT2D eigenvalue weighted by Gasteiger charge is -2.36. The Kier molecular flexibility index (Phi) is 8.83. The van der Waals surface area contributed by atoms with E-state index in [-0.39, 0.29) is 18.8 Å². The first-order valence-corrected chi connectivity index (χ1v) is 13.0. The molecule has 0 saturated carbocycles. The second kappa shape index (κ2) is 12.3. The van der Waals surface area contributed by atoms with Gasteiger partial charge < -0.3 is 33.9 Å². The van der Waals surface area contributed by atoms with Crippen molar-refractivity contribution in [2.75, 3.05) is 46.9 Å². The zero-order valence-electron chi connectivity index (χ0n) is 23.7. The van der Waals surface area contributed by atoms with E-state index < -0.39 is 35.9 Å². The molecular formula is C31H34N2O8. The average Bonchev–Trinajstić information content (AvgIpc) is 3.20. The molecule has 0 aromatic heterocycles. The second-order valence-electron chi connectivity index (χ2n) is 9.84. The van der Waals surface area contributed by atoms with Gasteiger partial charge in [-0.15, -0.1) is 0 Å². The smallest absolute Gasteiger partial charge is 0.414 e. The standard InChI is InChI=1S/C31H34N2O8/c1-32(2)30(37)41-25-12-8-11-24-27(25)31(17-18-34,29(36)33(24)3)26(28(35)39-5)23-10-7-6-9-20(23)19-40-22-15-13-21(38-4)14-16-22/h6-16,26,34H,17-19H2,1-5H3/t26-,31+/m1/s1. The van der Waals surface area contributed by atoms with E-state index in [0.29, 0.717) is 33.9 Å². The number of methoxy groups -OCH3 is 2. The fourth-order valence-corrected chi connectivity index (χ4v) is 5.35. The van der Waals surface area contributed by atoms with Crippen LogP contribution in [0.15, 0.2) is 66.7 Å². The first kappa shape index (κ1) is 29.4. The molecule has 1 heterocycles. The maximum Gasteiger partial charge on any atom is 0.414 e. The Morgan fingerprint density at radius 3 is 2.29 bits per heavy atom. The lowest BCUT2D eigenvalue weighted by atomic mass is 9.65. The van der Waals surface area contributed by atoms with E-state index in [1.54, 1.807) is 82.9 Å². The van der Waals surface area contributed by atoms with Gasteiger partial charge in [-0.05, 0) is 53.9 Å². The number of ether oxygens (including phenoxy) is 4. The van der Waals surface area contributed by atoms with Crippen molar-refractivity contribution in [2.45, 2.75) is 24.4 Å². The highest BCUT2D eigenvalue weighted by molar-refractivity contribution is 6.12. The van der Waals surface area contributed by atoms with Crippen molar-refractivity contribution < 1.29 is 38.4 Å². The molecule has 2 amide bonds. The number of rotatable bonds is 10. The van der Waals surface area contributed by atoms with Crippen LogP contribution in [0.1, 0.15) is 29.0 Å². The summed E-state index contributed by atoms with van der Waals surface area (Å²) in [5.74, 6) is -0.934. The van der Waals surface area contributed by atoms with E-state index in [4.69, 9.17) is 18.9 Å². The number of likely N-dealkylation sites (N-methyl/N-ethyl adjacent to an activating group) is 1. The molecule has 3 aromatic carbocycles. The van der Waals surface area contributed by atoms with Crippen molar-refractivity contribution in [3.63, 3.8) is 0 Å². The highest BCUT2D eigenvalue weighted by Gasteiger charge is 2.59. The summed E-state index contributed by atoms with van der Waals surface area (Å²) >= 11 is 0. The number of carbonyl (C=O) groups excluding carboxylic acids is 3. The van der Waals surface area contributed by atoms with Gasteiger partial charge in [-0.25, -0.2) is 4.79 Å². The molecule has 41 heavy (non-hydrogen) atoms. The van der Waals surface area contributed by atoms with Gasteiger partial charge in [-0.2, -0.15) is 0 Å². The monoisotopic (exact) mass is 562 g/mol. The summed E-state index contributed by atoms with van der Waals surface area (Å²) in [7, 11) is 7.50. The number of aliphatic hydroxyl groups is 1. The number of benzene rings is 3. The van der Waals surface area contributed by atoms with Crippen molar-refractivity contribution in [3.05, 3.63) is 83.4 Å². The number of amides is 2. The van der Waals surface area contributed by atoms with Gasteiger partial charge in [-0.1, -0.05) is 30.3 Å². The second-order valence-corrected chi connectivity index (χ2v) is 9.84. The average molecular weight is 563 g/mol. The Morgan fingerprint density at radius 2 is 1.66 bits per heavy atom. The molecule has 0 aliphatic carbocycles. The van der Waals surface area contributed by atoms with Gasteiger partial charge in [0.1, 0.15) is 29.8 Å². The van der Waals surface area contributed by atoms with Crippen LogP contribution in [0.2, 0.25) is 0 Å². The summed E-state index contributed by atoms with van der Waals surface area (Å²) in [6.45, 7) is -0.341. The van der Waals surface area contributed by atoms with Crippen LogP contribution in [0.25, 0.3) is 0 Å². The summed E-state index contributed by atoms with van der Waals surface area (Å²) in [6, 6.07) is 19.2. The summed E-state index contributed by atoms with van der Waals surface area (Å²) < 4.78 is 22.3. The van der Waals surface area contributed by atoms with Gasteiger partial charge in [0, 0.05) is 33.3 Å². The van der Waals surface area contributed by atoms with E-state index in [1.807, 2.05) is 12.1 Å². The van der Waals surface area contributed by atoms with Crippen molar-refractivity contribution >= 4 is 23.7 Å². The third-order valence-electron chi connectivity index (χ3n) is 7.32. The van der Waals surface area contributed by atoms with Crippen LogP contribution in [0, 0.1) is 0 Å². The molecule has 216 valence electrons. The first-order chi connectivity index (χ1) is 19.7. The van der Waals surface area contributed by atoms with Gasteiger partial charge in [0.05, 0.1) is 25.3 Å². The number of nitrogens with zero attached hydrogens (tertiary/aromatic N) is 2. The third kappa shape index (κ3) is 5.43. The predicted octanol–water partition coefficient (Wildman–Crippen LogP) is 3.89. The lowest BCUT2D eigenvalue weighted by molar-refractivity contribution is -0.147. The fraction of sp³-hybridized carbons (Fsp3) is 0.323. The van der Waals surface area contributed by atoms with E-state index >= 15 is 0 Å². The van der Waals surface area contributed by atoms with Crippen LogP contribution in [-0.4, -0.2) is 69.9 Å². The molecule has 4 rings (SSSR count). The first-order valence-electron chi connectivity index (χ1n) is 13.0. The van der Waals surface area contributed by atoms with E-state index in [0.717, 1.165) is 0 Å². The van der Waals surface area contributed by atoms with Gasteiger partial charge >= 0.3 is 12.1 Å². The number of anilines is 1. The maximum atomic E-state index is 14.2. The minimum atomic E-state index is -1.65. The summed E-state index contributed by atoms with van der Waals surface area (Å²) in [5, 5.41) is 10.3. The Labute approximate surface area is 239 Å². The molecule has 3 aromatic rings. The van der Waals surface area contributed by atoms with Crippen LogP contribution >= 0.6 is 0 Å². The highest BCUT2D eigenvalue weighted by atomic mass is 16.6. The van der Waals surface area contributed by atoms with Crippen LogP contribution in [0.3, 0.4) is 0 Å². The largest absolute Gasteiger partial charge is 0.497 e. The molecule has 0 bridgehead atoms. The number of hydrogen-bond acceptors (Lipinski definition) is 8. The molecule has 10 nitrogen and oxygen atoms in total. The Bertz CT molecular complexity index is 1420. The van der Waals surface area contributed by atoms with Gasteiger partial charge in [0.25, 0.3) is 0 Å².